The molecule has 0 fully saturated rings. The van der Waals surface area contributed by atoms with Gasteiger partial charge in [0.2, 0.25) is 5.82 Å². The molecule has 1 aromatic carbocycles. The number of hydrogen-bond donors (Lipinski definition) is 1. The standard InChI is InChI=1S/C13H10N2O3/c16-10-7-8-3-1-2-4-9(8)11(10)15-6-5-14-12(15)13(17)18/h1-6,11H,7H2,(H,17,18). The van der Waals surface area contributed by atoms with Gasteiger partial charge in [0.25, 0.3) is 0 Å². The summed E-state index contributed by atoms with van der Waals surface area (Å²) in [6.45, 7) is 0. The van der Waals surface area contributed by atoms with Gasteiger partial charge in [-0.05, 0) is 11.1 Å². The van der Waals surface area contributed by atoms with Gasteiger partial charge in [0, 0.05) is 18.8 Å². The predicted octanol–water partition coefficient (Wildman–Crippen LogP) is 1.30. The van der Waals surface area contributed by atoms with Crippen molar-refractivity contribution in [3.8, 4) is 0 Å². The van der Waals surface area contributed by atoms with Gasteiger partial charge in [0.1, 0.15) is 6.04 Å². The Labute approximate surface area is 103 Å². The van der Waals surface area contributed by atoms with Crippen molar-refractivity contribution >= 4 is 11.8 Å². The van der Waals surface area contributed by atoms with E-state index < -0.39 is 12.0 Å². The summed E-state index contributed by atoms with van der Waals surface area (Å²) in [6, 6.07) is 6.92. The lowest BCUT2D eigenvalue weighted by Crippen LogP contribution is -2.20. The highest BCUT2D eigenvalue weighted by Crippen LogP contribution is 2.32. The lowest BCUT2D eigenvalue weighted by atomic mass is 10.1. The number of benzene rings is 1. The number of imidazole rings is 1. The minimum Gasteiger partial charge on any atom is -0.475 e. The van der Waals surface area contributed by atoms with Crippen LogP contribution in [-0.4, -0.2) is 26.4 Å². The van der Waals surface area contributed by atoms with E-state index in [1.807, 2.05) is 24.3 Å². The van der Waals surface area contributed by atoms with Gasteiger partial charge in [-0.1, -0.05) is 24.3 Å². The van der Waals surface area contributed by atoms with E-state index >= 15 is 0 Å². The second kappa shape index (κ2) is 3.80. The van der Waals surface area contributed by atoms with Crippen LogP contribution < -0.4 is 0 Å². The summed E-state index contributed by atoms with van der Waals surface area (Å²) in [5.41, 5.74) is 1.82. The zero-order valence-corrected chi connectivity index (χ0v) is 9.41. The van der Waals surface area contributed by atoms with E-state index in [-0.39, 0.29) is 11.6 Å². The van der Waals surface area contributed by atoms with E-state index in [4.69, 9.17) is 5.11 Å². The van der Waals surface area contributed by atoms with E-state index in [1.54, 1.807) is 0 Å². The van der Waals surface area contributed by atoms with Crippen LogP contribution in [0.2, 0.25) is 0 Å². The van der Waals surface area contributed by atoms with Gasteiger partial charge >= 0.3 is 5.97 Å². The maximum Gasteiger partial charge on any atom is 0.372 e. The zero-order chi connectivity index (χ0) is 12.7. The van der Waals surface area contributed by atoms with Crippen molar-refractivity contribution < 1.29 is 14.7 Å². The van der Waals surface area contributed by atoms with Crippen molar-refractivity contribution in [1.82, 2.24) is 9.55 Å². The fraction of sp³-hybridized carbons (Fsp3) is 0.154. The van der Waals surface area contributed by atoms with Crippen molar-refractivity contribution in [3.05, 3.63) is 53.6 Å². The van der Waals surface area contributed by atoms with Crippen LogP contribution in [0.25, 0.3) is 0 Å². The Bertz CT molecular complexity index is 645. The molecule has 90 valence electrons. The fourth-order valence-corrected chi connectivity index (χ4v) is 2.41. The molecule has 1 heterocycles. The van der Waals surface area contributed by atoms with Crippen molar-refractivity contribution in [2.24, 2.45) is 0 Å². The maximum absolute atomic E-state index is 12.1. The molecule has 18 heavy (non-hydrogen) atoms. The van der Waals surface area contributed by atoms with Crippen molar-refractivity contribution in [2.45, 2.75) is 12.5 Å². The molecule has 3 rings (SSSR count). The first kappa shape index (κ1) is 10.7. The highest BCUT2D eigenvalue weighted by atomic mass is 16.4. The van der Waals surface area contributed by atoms with E-state index in [2.05, 4.69) is 4.98 Å². The smallest absolute Gasteiger partial charge is 0.372 e. The molecule has 0 saturated heterocycles. The number of ketones is 1. The third-order valence-corrected chi connectivity index (χ3v) is 3.16. The van der Waals surface area contributed by atoms with Gasteiger partial charge in [-0.15, -0.1) is 0 Å². The molecule has 1 unspecified atom stereocenters. The molecule has 0 amide bonds. The quantitative estimate of drug-likeness (QED) is 0.861. The summed E-state index contributed by atoms with van der Waals surface area (Å²) < 4.78 is 1.43. The molecule has 1 N–H and O–H groups in total. The molecule has 0 aliphatic heterocycles. The molecule has 0 radical (unpaired) electrons. The Hall–Kier alpha value is -2.43. The van der Waals surface area contributed by atoms with Crippen LogP contribution in [0.15, 0.2) is 36.7 Å². The van der Waals surface area contributed by atoms with Crippen molar-refractivity contribution in [3.63, 3.8) is 0 Å². The number of carboxylic acids is 1. The van der Waals surface area contributed by atoms with Gasteiger partial charge < -0.3 is 9.67 Å². The highest BCUT2D eigenvalue weighted by Gasteiger charge is 2.33. The molecule has 0 bridgehead atoms. The van der Waals surface area contributed by atoms with Crippen LogP contribution in [0.1, 0.15) is 27.8 Å². The third kappa shape index (κ3) is 1.44. The van der Waals surface area contributed by atoms with E-state index in [9.17, 15) is 9.59 Å². The number of carboxylic acid groups (broad SMARTS) is 1. The second-order valence-electron chi connectivity index (χ2n) is 4.21. The Balaban J connectivity index is 2.15. The first-order valence-corrected chi connectivity index (χ1v) is 5.55. The van der Waals surface area contributed by atoms with Gasteiger partial charge in [-0.25, -0.2) is 9.78 Å². The van der Waals surface area contributed by atoms with E-state index in [1.165, 1.54) is 17.0 Å². The van der Waals surface area contributed by atoms with E-state index in [0.717, 1.165) is 11.1 Å². The first-order valence-electron chi connectivity index (χ1n) is 5.55. The van der Waals surface area contributed by atoms with Crippen molar-refractivity contribution in [2.75, 3.05) is 0 Å². The second-order valence-corrected chi connectivity index (χ2v) is 4.21. The number of aromatic nitrogens is 2. The molecule has 1 aromatic heterocycles. The SMILES string of the molecule is O=C(O)c1nccn1C1C(=O)Cc2ccccc21. The van der Waals surface area contributed by atoms with Crippen molar-refractivity contribution in [1.29, 1.82) is 0 Å². The minimum absolute atomic E-state index is 0.00306. The first-order chi connectivity index (χ1) is 8.68. The number of fused-ring (bicyclic) bond motifs is 1. The van der Waals surface area contributed by atoms with E-state index in [0.29, 0.717) is 6.42 Å². The maximum atomic E-state index is 12.1. The summed E-state index contributed by atoms with van der Waals surface area (Å²) in [6.07, 6.45) is 3.28. The topological polar surface area (TPSA) is 72.2 Å². The summed E-state index contributed by atoms with van der Waals surface area (Å²) in [5, 5.41) is 9.05. The Morgan fingerprint density at radius 3 is 2.94 bits per heavy atom. The lowest BCUT2D eigenvalue weighted by molar-refractivity contribution is -0.119. The molecule has 1 aliphatic rings. The average Bonchev–Trinajstić information content (AvgIpc) is 2.91. The van der Waals surface area contributed by atoms with Crippen LogP contribution in [-0.2, 0) is 11.2 Å². The summed E-state index contributed by atoms with van der Waals surface area (Å²) in [5.74, 6) is -1.24. The van der Waals surface area contributed by atoms with Crippen LogP contribution >= 0.6 is 0 Å². The predicted molar refractivity (Wildman–Crippen MR) is 62.5 cm³/mol. The van der Waals surface area contributed by atoms with Crippen LogP contribution in [0.4, 0.5) is 0 Å². The number of hydrogen-bond acceptors (Lipinski definition) is 3. The Kier molecular flexibility index (Phi) is 2.26. The summed E-state index contributed by atoms with van der Waals surface area (Å²) >= 11 is 0. The zero-order valence-electron chi connectivity index (χ0n) is 9.41. The summed E-state index contributed by atoms with van der Waals surface area (Å²) in [7, 11) is 0. The monoisotopic (exact) mass is 242 g/mol. The van der Waals surface area contributed by atoms with Gasteiger partial charge in [-0.2, -0.15) is 0 Å². The molecule has 0 saturated carbocycles. The summed E-state index contributed by atoms with van der Waals surface area (Å²) in [4.78, 5) is 26.9. The highest BCUT2D eigenvalue weighted by molar-refractivity contribution is 5.93. The number of carbonyl (C=O) groups is 2. The number of rotatable bonds is 2. The molecule has 1 atom stereocenters. The minimum atomic E-state index is -1.13. The molecular formula is C13H10N2O3. The van der Waals surface area contributed by atoms with Crippen LogP contribution in [0, 0.1) is 0 Å². The Morgan fingerprint density at radius 1 is 1.39 bits per heavy atom. The molecule has 1 aliphatic carbocycles. The van der Waals surface area contributed by atoms with Gasteiger partial charge in [0.05, 0.1) is 0 Å². The molecule has 5 heteroatoms. The lowest BCUT2D eigenvalue weighted by Gasteiger charge is -2.13. The normalized spacial score (nSPS) is 17.8. The fourth-order valence-electron chi connectivity index (χ4n) is 2.41. The molecular weight excluding hydrogens is 232 g/mol. The molecule has 5 nitrogen and oxygen atoms in total. The van der Waals surface area contributed by atoms with Gasteiger partial charge in [0.15, 0.2) is 5.78 Å². The number of Topliss-reactive ketones (excluding diaryl/α,β-unsaturated/α-hetero) is 1. The number of nitrogens with zero attached hydrogens (tertiary/aromatic N) is 2. The number of aromatic carboxylic acids is 1. The molecule has 2 aromatic rings. The number of carbonyl (C=O) groups excluding carboxylic acids is 1. The Morgan fingerprint density at radius 2 is 2.17 bits per heavy atom. The average molecular weight is 242 g/mol. The largest absolute Gasteiger partial charge is 0.475 e. The van der Waals surface area contributed by atoms with Gasteiger partial charge in [-0.3, -0.25) is 4.79 Å². The van der Waals surface area contributed by atoms with Crippen LogP contribution in [0.3, 0.4) is 0 Å². The third-order valence-electron chi connectivity index (χ3n) is 3.16. The van der Waals surface area contributed by atoms with Crippen LogP contribution in [0.5, 0.6) is 0 Å². The molecule has 0 spiro atoms.